The number of carbonyl (C=O) groups is 1. The fourth-order valence-corrected chi connectivity index (χ4v) is 3.25. The standard InChI is InChI=1S/C17H26N2O2/c1-12-7-8-15-14(10-12)6-5-9-19(15)13(2)11-17(3,18)16(20)21-4/h7-8,10,13H,5-6,9,11,18H2,1-4H3. The van der Waals surface area contributed by atoms with Gasteiger partial charge in [-0.25, -0.2) is 0 Å². The van der Waals surface area contributed by atoms with Gasteiger partial charge in [-0.1, -0.05) is 17.7 Å². The Bertz CT molecular complexity index is 526. The lowest BCUT2D eigenvalue weighted by Crippen LogP contribution is -2.51. The maximum Gasteiger partial charge on any atom is 0.325 e. The van der Waals surface area contributed by atoms with E-state index in [1.54, 1.807) is 6.92 Å². The third-order valence-electron chi connectivity index (χ3n) is 4.29. The number of hydrogen-bond acceptors (Lipinski definition) is 4. The Hall–Kier alpha value is -1.55. The lowest BCUT2D eigenvalue weighted by Gasteiger charge is -2.39. The zero-order valence-electron chi connectivity index (χ0n) is 13.5. The summed E-state index contributed by atoms with van der Waals surface area (Å²) < 4.78 is 4.81. The van der Waals surface area contributed by atoms with Crippen molar-refractivity contribution in [2.24, 2.45) is 5.73 Å². The Kier molecular flexibility index (Phi) is 4.57. The van der Waals surface area contributed by atoms with E-state index in [-0.39, 0.29) is 12.0 Å². The Morgan fingerprint density at radius 3 is 2.90 bits per heavy atom. The van der Waals surface area contributed by atoms with Crippen molar-refractivity contribution < 1.29 is 9.53 Å². The topological polar surface area (TPSA) is 55.6 Å². The van der Waals surface area contributed by atoms with E-state index in [0.29, 0.717) is 6.42 Å². The summed E-state index contributed by atoms with van der Waals surface area (Å²) in [6.45, 7) is 7.00. The minimum Gasteiger partial charge on any atom is -0.468 e. The highest BCUT2D eigenvalue weighted by atomic mass is 16.5. The maximum absolute atomic E-state index is 11.8. The second kappa shape index (κ2) is 6.06. The van der Waals surface area contributed by atoms with Crippen LogP contribution in [0.2, 0.25) is 0 Å². The Morgan fingerprint density at radius 2 is 2.24 bits per heavy atom. The highest BCUT2D eigenvalue weighted by molar-refractivity contribution is 5.80. The smallest absolute Gasteiger partial charge is 0.325 e. The number of carbonyl (C=O) groups excluding carboxylic acids is 1. The van der Waals surface area contributed by atoms with Crippen LogP contribution in [0.5, 0.6) is 0 Å². The van der Waals surface area contributed by atoms with Gasteiger partial charge in [0.05, 0.1) is 7.11 Å². The molecule has 1 aromatic rings. The second-order valence-electron chi connectivity index (χ2n) is 6.39. The lowest BCUT2D eigenvalue weighted by atomic mass is 9.91. The number of rotatable bonds is 4. The van der Waals surface area contributed by atoms with Gasteiger partial charge >= 0.3 is 5.97 Å². The van der Waals surface area contributed by atoms with Crippen molar-refractivity contribution in [2.45, 2.75) is 51.6 Å². The molecule has 0 fully saturated rings. The third kappa shape index (κ3) is 3.38. The van der Waals surface area contributed by atoms with Crippen molar-refractivity contribution in [2.75, 3.05) is 18.6 Å². The second-order valence-corrected chi connectivity index (χ2v) is 6.39. The fraction of sp³-hybridized carbons (Fsp3) is 0.588. The SMILES string of the molecule is COC(=O)C(C)(N)CC(C)N1CCCc2cc(C)ccc21. The van der Waals surface area contributed by atoms with Crippen molar-refractivity contribution in [3.8, 4) is 0 Å². The summed E-state index contributed by atoms with van der Waals surface area (Å²) in [5, 5.41) is 0. The van der Waals surface area contributed by atoms with Crippen LogP contribution in [0.15, 0.2) is 18.2 Å². The summed E-state index contributed by atoms with van der Waals surface area (Å²) in [4.78, 5) is 14.1. The zero-order valence-corrected chi connectivity index (χ0v) is 13.5. The summed E-state index contributed by atoms with van der Waals surface area (Å²) in [6, 6.07) is 6.79. The molecule has 2 rings (SSSR count). The largest absolute Gasteiger partial charge is 0.468 e. The van der Waals surface area contributed by atoms with E-state index in [0.717, 1.165) is 19.4 Å². The number of methoxy groups -OCH3 is 1. The van der Waals surface area contributed by atoms with Gasteiger partial charge in [0.15, 0.2) is 0 Å². The summed E-state index contributed by atoms with van der Waals surface area (Å²) in [5.74, 6) is -0.351. The number of anilines is 1. The molecule has 0 aromatic heterocycles. The van der Waals surface area contributed by atoms with E-state index in [1.165, 1.54) is 23.9 Å². The first-order valence-corrected chi connectivity index (χ1v) is 7.58. The Labute approximate surface area is 127 Å². The van der Waals surface area contributed by atoms with Crippen LogP contribution in [0.4, 0.5) is 5.69 Å². The Balaban J connectivity index is 2.18. The van der Waals surface area contributed by atoms with Crippen LogP contribution >= 0.6 is 0 Å². The molecule has 1 aliphatic heterocycles. The number of ether oxygens (including phenoxy) is 1. The van der Waals surface area contributed by atoms with Crippen LogP contribution in [-0.4, -0.2) is 31.2 Å². The molecule has 0 amide bonds. The van der Waals surface area contributed by atoms with Crippen LogP contribution in [0, 0.1) is 6.92 Å². The van der Waals surface area contributed by atoms with E-state index in [4.69, 9.17) is 10.5 Å². The van der Waals surface area contributed by atoms with E-state index in [2.05, 4.69) is 36.9 Å². The predicted molar refractivity (Wildman–Crippen MR) is 85.5 cm³/mol. The van der Waals surface area contributed by atoms with Gasteiger partial charge in [-0.05, 0) is 51.7 Å². The fourth-order valence-electron chi connectivity index (χ4n) is 3.25. The van der Waals surface area contributed by atoms with Crippen LogP contribution in [0.25, 0.3) is 0 Å². The molecule has 0 aliphatic carbocycles. The van der Waals surface area contributed by atoms with E-state index < -0.39 is 5.54 Å². The zero-order chi connectivity index (χ0) is 15.6. The van der Waals surface area contributed by atoms with Crippen LogP contribution in [0.1, 0.15) is 37.8 Å². The van der Waals surface area contributed by atoms with Gasteiger partial charge in [-0.15, -0.1) is 0 Å². The molecule has 0 saturated carbocycles. The number of nitrogens with two attached hydrogens (primary N) is 1. The normalized spacial score (nSPS) is 18.6. The number of aryl methyl sites for hydroxylation is 2. The van der Waals surface area contributed by atoms with Crippen molar-refractivity contribution in [3.63, 3.8) is 0 Å². The third-order valence-corrected chi connectivity index (χ3v) is 4.29. The highest BCUT2D eigenvalue weighted by Crippen LogP contribution is 2.31. The molecule has 1 aromatic carbocycles. The van der Waals surface area contributed by atoms with Gasteiger partial charge in [0.25, 0.3) is 0 Å². The summed E-state index contributed by atoms with van der Waals surface area (Å²) in [7, 11) is 1.39. The first kappa shape index (κ1) is 15.8. The van der Waals surface area contributed by atoms with Crippen molar-refractivity contribution in [3.05, 3.63) is 29.3 Å². The number of hydrogen-bond donors (Lipinski definition) is 1. The molecule has 0 spiro atoms. The average Bonchev–Trinajstić information content (AvgIpc) is 2.44. The molecule has 21 heavy (non-hydrogen) atoms. The van der Waals surface area contributed by atoms with Gasteiger partial charge in [-0.2, -0.15) is 0 Å². The molecule has 2 atom stereocenters. The van der Waals surface area contributed by atoms with E-state index >= 15 is 0 Å². The molecule has 1 heterocycles. The van der Waals surface area contributed by atoms with Crippen LogP contribution in [-0.2, 0) is 16.0 Å². The number of fused-ring (bicyclic) bond motifs is 1. The molecular weight excluding hydrogens is 264 g/mol. The molecule has 2 N–H and O–H groups in total. The molecule has 0 saturated heterocycles. The quantitative estimate of drug-likeness (QED) is 0.865. The monoisotopic (exact) mass is 290 g/mol. The minimum absolute atomic E-state index is 0.195. The van der Waals surface area contributed by atoms with Crippen molar-refractivity contribution >= 4 is 11.7 Å². The lowest BCUT2D eigenvalue weighted by molar-refractivity contribution is -0.146. The number of nitrogens with zero attached hydrogens (tertiary/aromatic N) is 1. The molecule has 116 valence electrons. The van der Waals surface area contributed by atoms with Gasteiger partial charge < -0.3 is 15.4 Å². The Morgan fingerprint density at radius 1 is 1.52 bits per heavy atom. The highest BCUT2D eigenvalue weighted by Gasteiger charge is 2.34. The number of benzene rings is 1. The summed E-state index contributed by atoms with van der Waals surface area (Å²) >= 11 is 0. The maximum atomic E-state index is 11.8. The van der Waals surface area contributed by atoms with Gasteiger partial charge in [0.1, 0.15) is 5.54 Å². The van der Waals surface area contributed by atoms with Crippen LogP contribution in [0.3, 0.4) is 0 Å². The molecule has 1 aliphatic rings. The van der Waals surface area contributed by atoms with Crippen molar-refractivity contribution in [1.82, 2.24) is 0 Å². The minimum atomic E-state index is -0.948. The molecular formula is C17H26N2O2. The molecule has 2 unspecified atom stereocenters. The van der Waals surface area contributed by atoms with Crippen LogP contribution < -0.4 is 10.6 Å². The first-order valence-electron chi connectivity index (χ1n) is 7.58. The summed E-state index contributed by atoms with van der Waals surface area (Å²) in [5.41, 5.74) is 9.14. The first-order chi connectivity index (χ1) is 9.85. The van der Waals surface area contributed by atoms with E-state index in [1.807, 2.05) is 0 Å². The van der Waals surface area contributed by atoms with E-state index in [9.17, 15) is 4.79 Å². The predicted octanol–water partition coefficient (Wildman–Crippen LogP) is 2.42. The molecule has 4 nitrogen and oxygen atoms in total. The molecule has 0 bridgehead atoms. The molecule has 0 radical (unpaired) electrons. The average molecular weight is 290 g/mol. The number of esters is 1. The van der Waals surface area contributed by atoms with Crippen molar-refractivity contribution in [1.29, 1.82) is 0 Å². The van der Waals surface area contributed by atoms with Gasteiger partial charge in [0, 0.05) is 18.3 Å². The summed E-state index contributed by atoms with van der Waals surface area (Å²) in [6.07, 6.45) is 2.84. The van der Waals surface area contributed by atoms with Gasteiger partial charge in [-0.3, -0.25) is 4.79 Å². The molecule has 4 heteroatoms. The van der Waals surface area contributed by atoms with Gasteiger partial charge in [0.2, 0.25) is 0 Å².